The van der Waals surface area contributed by atoms with Crippen LogP contribution < -0.4 is 0 Å². The number of rotatable bonds is 9. The van der Waals surface area contributed by atoms with Crippen molar-refractivity contribution in [1.29, 1.82) is 0 Å². The summed E-state index contributed by atoms with van der Waals surface area (Å²) in [6.07, 6.45) is 5.15. The Balaban J connectivity index is 1.53. The number of hydrogen-bond acceptors (Lipinski definition) is 4. The van der Waals surface area contributed by atoms with E-state index in [1.807, 2.05) is 30.3 Å². The van der Waals surface area contributed by atoms with Gasteiger partial charge < -0.3 is 19.2 Å². The summed E-state index contributed by atoms with van der Waals surface area (Å²) < 4.78 is 18.1. The van der Waals surface area contributed by atoms with Crippen LogP contribution in [0.5, 0.6) is 0 Å². The minimum Gasteiger partial charge on any atom is -0.481 e. The smallest absolute Gasteiger partial charge is 0.457 e. The molecule has 0 bridgehead atoms. The van der Waals surface area contributed by atoms with Gasteiger partial charge in [-0.15, -0.1) is 0 Å². The molecule has 29 heavy (non-hydrogen) atoms. The molecule has 1 N–H and O–H groups in total. The molecular weight excluding hydrogens is 367 g/mol. The molecule has 2 fully saturated rings. The summed E-state index contributed by atoms with van der Waals surface area (Å²) in [5.74, 6) is -0.582. The van der Waals surface area contributed by atoms with Crippen molar-refractivity contribution in [2.45, 2.75) is 83.9 Å². The molecule has 0 unspecified atom stereocenters. The molecule has 160 valence electrons. The molecule has 1 aliphatic carbocycles. The zero-order valence-electron chi connectivity index (χ0n) is 18.3. The maximum Gasteiger partial charge on any atom is 0.457 e. The summed E-state index contributed by atoms with van der Waals surface area (Å²) in [4.78, 5) is 12.2. The number of aliphatic carboxylic acids is 1. The molecule has 1 aliphatic heterocycles. The van der Waals surface area contributed by atoms with Crippen LogP contribution in [0.4, 0.5) is 0 Å². The number of benzene rings is 1. The van der Waals surface area contributed by atoms with Crippen molar-refractivity contribution in [3.63, 3.8) is 0 Å². The predicted molar refractivity (Wildman–Crippen MR) is 114 cm³/mol. The van der Waals surface area contributed by atoms with E-state index in [1.54, 1.807) is 0 Å². The highest BCUT2D eigenvalue weighted by Crippen LogP contribution is 2.47. The quantitative estimate of drug-likeness (QED) is 0.593. The molecule has 1 saturated heterocycles. The fourth-order valence-electron chi connectivity index (χ4n) is 4.64. The van der Waals surface area contributed by atoms with Gasteiger partial charge in [-0.25, -0.2) is 0 Å². The zero-order chi connectivity index (χ0) is 21.1. The Bertz CT molecular complexity index is 674. The highest BCUT2D eigenvalue weighted by molar-refractivity contribution is 6.45. The molecule has 3 rings (SSSR count). The fourth-order valence-corrected chi connectivity index (χ4v) is 4.64. The van der Waals surface area contributed by atoms with Gasteiger partial charge in [0.25, 0.3) is 0 Å². The highest BCUT2D eigenvalue weighted by Gasteiger charge is 2.52. The van der Waals surface area contributed by atoms with E-state index in [4.69, 9.17) is 14.0 Å². The standard InChI is InChI=1S/C23H35BO5/c1-21(2)22(3,4)29-24(28-21)15-9-13-19-12-8-14-23(19,20(25)26)17-27-16-18-10-6-5-7-11-18/h5-7,10-11,19H,8-9,12-17H2,1-4H3,(H,25,26)/t19-,23+/m0/s1. The van der Waals surface area contributed by atoms with E-state index in [0.717, 1.165) is 37.6 Å². The van der Waals surface area contributed by atoms with Gasteiger partial charge >= 0.3 is 13.1 Å². The molecule has 1 saturated carbocycles. The third-order valence-corrected chi connectivity index (χ3v) is 7.15. The predicted octanol–water partition coefficient (Wildman–Crippen LogP) is 4.95. The molecular formula is C23H35BO5. The van der Waals surface area contributed by atoms with E-state index in [-0.39, 0.29) is 30.8 Å². The van der Waals surface area contributed by atoms with Crippen molar-refractivity contribution in [2.75, 3.05) is 6.61 Å². The first kappa shape index (κ1) is 22.3. The average Bonchev–Trinajstić information content (AvgIpc) is 3.14. The monoisotopic (exact) mass is 402 g/mol. The molecule has 6 heteroatoms. The van der Waals surface area contributed by atoms with Crippen molar-refractivity contribution in [2.24, 2.45) is 11.3 Å². The first-order chi connectivity index (χ1) is 13.7. The Morgan fingerprint density at radius 3 is 2.45 bits per heavy atom. The minimum absolute atomic E-state index is 0.137. The van der Waals surface area contributed by atoms with E-state index in [1.165, 1.54) is 0 Å². The van der Waals surface area contributed by atoms with Crippen molar-refractivity contribution >= 4 is 13.1 Å². The number of hydrogen-bond donors (Lipinski definition) is 1. The summed E-state index contributed by atoms with van der Waals surface area (Å²) in [6.45, 7) is 8.97. The summed E-state index contributed by atoms with van der Waals surface area (Å²) >= 11 is 0. The number of carboxylic acid groups (broad SMARTS) is 1. The second kappa shape index (κ2) is 8.79. The van der Waals surface area contributed by atoms with Crippen LogP contribution in [0.3, 0.4) is 0 Å². The third-order valence-electron chi connectivity index (χ3n) is 7.15. The SMILES string of the molecule is CC1(C)OB(CCC[C@@H]2CCC[C@]2(COCc2ccccc2)C(=O)O)OC1(C)C. The van der Waals surface area contributed by atoms with Crippen molar-refractivity contribution < 1.29 is 23.9 Å². The van der Waals surface area contributed by atoms with Crippen LogP contribution in [0.25, 0.3) is 0 Å². The van der Waals surface area contributed by atoms with Gasteiger partial charge in [0.05, 0.1) is 29.8 Å². The summed E-state index contributed by atoms with van der Waals surface area (Å²) in [7, 11) is -0.213. The maximum atomic E-state index is 12.2. The molecule has 0 radical (unpaired) electrons. The zero-order valence-corrected chi connectivity index (χ0v) is 18.3. The normalized spacial score (nSPS) is 28.0. The topological polar surface area (TPSA) is 65.0 Å². The molecule has 2 aliphatic rings. The lowest BCUT2D eigenvalue weighted by atomic mass is 9.73. The fraction of sp³-hybridized carbons (Fsp3) is 0.696. The van der Waals surface area contributed by atoms with Crippen molar-refractivity contribution in [1.82, 2.24) is 0 Å². The molecule has 1 aromatic rings. The Kier molecular flexibility index (Phi) is 6.76. The summed E-state index contributed by atoms with van der Waals surface area (Å²) in [5, 5.41) is 10.1. The average molecular weight is 402 g/mol. The van der Waals surface area contributed by atoms with Gasteiger partial charge in [0.1, 0.15) is 0 Å². The lowest BCUT2D eigenvalue weighted by molar-refractivity contribution is -0.156. The van der Waals surface area contributed by atoms with Gasteiger partial charge in [-0.1, -0.05) is 43.2 Å². The first-order valence-electron chi connectivity index (χ1n) is 10.9. The Morgan fingerprint density at radius 1 is 1.17 bits per heavy atom. The third kappa shape index (κ3) is 4.87. The van der Waals surface area contributed by atoms with Crippen LogP contribution in [0, 0.1) is 11.3 Å². The molecule has 0 spiro atoms. The lowest BCUT2D eigenvalue weighted by Crippen LogP contribution is -2.41. The number of ether oxygens (including phenoxy) is 1. The molecule has 0 aromatic heterocycles. The Hall–Kier alpha value is -1.37. The Labute approximate surface area is 175 Å². The molecule has 2 atom stereocenters. The molecule has 1 aromatic carbocycles. The van der Waals surface area contributed by atoms with Gasteiger partial charge in [-0.3, -0.25) is 4.79 Å². The molecule has 1 heterocycles. The van der Waals surface area contributed by atoms with E-state index in [0.29, 0.717) is 13.0 Å². The highest BCUT2D eigenvalue weighted by atomic mass is 16.7. The van der Waals surface area contributed by atoms with Gasteiger partial charge in [-0.2, -0.15) is 0 Å². The van der Waals surface area contributed by atoms with Crippen LogP contribution in [0.2, 0.25) is 6.32 Å². The lowest BCUT2D eigenvalue weighted by Gasteiger charge is -2.32. The Morgan fingerprint density at radius 2 is 1.83 bits per heavy atom. The van der Waals surface area contributed by atoms with Crippen molar-refractivity contribution in [3.8, 4) is 0 Å². The second-order valence-electron chi connectivity index (χ2n) is 9.65. The van der Waals surface area contributed by atoms with Crippen molar-refractivity contribution in [3.05, 3.63) is 35.9 Å². The van der Waals surface area contributed by atoms with Gasteiger partial charge in [0.15, 0.2) is 0 Å². The maximum absolute atomic E-state index is 12.2. The van der Waals surface area contributed by atoms with Gasteiger partial charge in [0.2, 0.25) is 0 Å². The molecule has 5 nitrogen and oxygen atoms in total. The van der Waals surface area contributed by atoms with Crippen LogP contribution in [-0.2, 0) is 25.4 Å². The van der Waals surface area contributed by atoms with Crippen LogP contribution in [0.15, 0.2) is 30.3 Å². The molecule has 0 amide bonds. The number of carbonyl (C=O) groups is 1. The number of carboxylic acids is 1. The largest absolute Gasteiger partial charge is 0.481 e. The van der Waals surface area contributed by atoms with Crippen LogP contribution in [-0.4, -0.2) is 36.0 Å². The summed E-state index contributed by atoms with van der Waals surface area (Å²) in [5.41, 5.74) is -0.337. The first-order valence-corrected chi connectivity index (χ1v) is 10.9. The van der Waals surface area contributed by atoms with Gasteiger partial charge in [-0.05, 0) is 64.8 Å². The van der Waals surface area contributed by atoms with Crippen LogP contribution >= 0.6 is 0 Å². The minimum atomic E-state index is -0.773. The van der Waals surface area contributed by atoms with Gasteiger partial charge in [0, 0.05) is 0 Å². The van der Waals surface area contributed by atoms with E-state index in [2.05, 4.69) is 27.7 Å². The second-order valence-corrected chi connectivity index (χ2v) is 9.65. The van der Waals surface area contributed by atoms with E-state index >= 15 is 0 Å². The van der Waals surface area contributed by atoms with E-state index < -0.39 is 11.4 Å². The van der Waals surface area contributed by atoms with Crippen LogP contribution in [0.1, 0.15) is 65.4 Å². The van der Waals surface area contributed by atoms with E-state index in [9.17, 15) is 9.90 Å². The summed E-state index contributed by atoms with van der Waals surface area (Å²) in [6, 6.07) is 9.92.